The van der Waals surface area contributed by atoms with Gasteiger partial charge in [0.2, 0.25) is 0 Å². The molecule has 0 heterocycles. The number of benzene rings is 1. The van der Waals surface area contributed by atoms with E-state index in [9.17, 15) is 5.11 Å². The highest BCUT2D eigenvalue weighted by atomic mass is 16.3. The Kier molecular flexibility index (Phi) is 8.07. The molecule has 0 fully saturated rings. The zero-order valence-electron chi connectivity index (χ0n) is 13.6. The fraction of sp³-hybridized carbons (Fsp3) is 0.500. The molecule has 0 saturated heterocycles. The van der Waals surface area contributed by atoms with Crippen LogP contribution in [0.3, 0.4) is 0 Å². The third-order valence-corrected chi connectivity index (χ3v) is 4.05. The monoisotopic (exact) mass is 286 g/mol. The molecular formula is C20H30O. The molecule has 1 aromatic carbocycles. The number of aryl methyl sites for hydroxylation is 1. The number of hydrogen-bond acceptors (Lipinski definition) is 1. The van der Waals surface area contributed by atoms with Gasteiger partial charge in [-0.15, -0.1) is 6.58 Å². The lowest BCUT2D eigenvalue weighted by Crippen LogP contribution is -2.31. The molecule has 1 N–H and O–H groups in total. The summed E-state index contributed by atoms with van der Waals surface area (Å²) in [6, 6.07) is 10.4. The summed E-state index contributed by atoms with van der Waals surface area (Å²) < 4.78 is 0. The Balaban J connectivity index is 2.50. The van der Waals surface area contributed by atoms with Gasteiger partial charge in [-0.05, 0) is 38.2 Å². The number of allylic oxidation sites excluding steroid dienone is 1. The van der Waals surface area contributed by atoms with Gasteiger partial charge in [0.05, 0.1) is 5.60 Å². The zero-order valence-corrected chi connectivity index (χ0v) is 13.6. The molecular weight excluding hydrogens is 256 g/mol. The Morgan fingerprint density at radius 1 is 1.24 bits per heavy atom. The Labute approximate surface area is 130 Å². The quantitative estimate of drug-likeness (QED) is 0.456. The molecule has 1 aromatic rings. The molecule has 1 heteroatoms. The summed E-state index contributed by atoms with van der Waals surface area (Å²) in [7, 11) is 0. The first-order valence-electron chi connectivity index (χ1n) is 8.16. The molecule has 21 heavy (non-hydrogen) atoms. The van der Waals surface area contributed by atoms with E-state index >= 15 is 0 Å². The maximum atomic E-state index is 10.7. The van der Waals surface area contributed by atoms with E-state index in [1.807, 2.05) is 25.1 Å². The van der Waals surface area contributed by atoms with Crippen molar-refractivity contribution in [1.82, 2.24) is 0 Å². The third-order valence-electron chi connectivity index (χ3n) is 4.05. The zero-order chi connectivity index (χ0) is 15.6. The van der Waals surface area contributed by atoms with E-state index < -0.39 is 5.60 Å². The van der Waals surface area contributed by atoms with E-state index in [0.29, 0.717) is 0 Å². The lowest BCUT2D eigenvalue weighted by molar-refractivity contribution is 0.0633. The van der Waals surface area contributed by atoms with Crippen molar-refractivity contribution in [3.8, 4) is 0 Å². The van der Waals surface area contributed by atoms with E-state index in [0.717, 1.165) is 19.3 Å². The predicted octanol–water partition coefficient (Wildman–Crippen LogP) is 5.31. The van der Waals surface area contributed by atoms with Crippen LogP contribution in [0.25, 0.3) is 0 Å². The van der Waals surface area contributed by atoms with Gasteiger partial charge in [-0.25, -0.2) is 0 Å². The normalized spacial score (nSPS) is 15.8. The van der Waals surface area contributed by atoms with E-state index in [2.05, 4.69) is 43.8 Å². The van der Waals surface area contributed by atoms with Crippen molar-refractivity contribution in [2.75, 3.05) is 0 Å². The molecule has 116 valence electrons. The Bertz CT molecular complexity index is 417. The van der Waals surface area contributed by atoms with Gasteiger partial charge >= 0.3 is 0 Å². The molecule has 1 nitrogen and oxygen atoms in total. The fourth-order valence-electron chi connectivity index (χ4n) is 2.57. The Morgan fingerprint density at radius 2 is 1.95 bits per heavy atom. The molecule has 0 unspecified atom stereocenters. The molecule has 2 atom stereocenters. The number of hydrogen-bond donors (Lipinski definition) is 1. The molecule has 0 bridgehead atoms. The van der Waals surface area contributed by atoms with Crippen molar-refractivity contribution in [3.05, 3.63) is 60.7 Å². The van der Waals surface area contributed by atoms with Crippen molar-refractivity contribution in [3.63, 3.8) is 0 Å². The van der Waals surface area contributed by atoms with Crippen LogP contribution in [0.15, 0.2) is 55.1 Å². The summed E-state index contributed by atoms with van der Waals surface area (Å²) in [5.41, 5.74) is 0.509. The number of rotatable bonds is 10. The second kappa shape index (κ2) is 9.57. The van der Waals surface area contributed by atoms with Gasteiger partial charge in [-0.3, -0.25) is 0 Å². The third kappa shape index (κ3) is 6.77. The first-order chi connectivity index (χ1) is 10.1. The van der Waals surface area contributed by atoms with Crippen molar-refractivity contribution < 1.29 is 5.11 Å². The summed E-state index contributed by atoms with van der Waals surface area (Å²) in [6.45, 7) is 8.00. The standard InChI is InChI=1S/C20H30O/c1-4-6-7-8-12-17-20(3,21)19(5-2)16-15-18-13-10-9-11-14-18/h5,9-14,17,19,21H,2,4,6-8,15-16H2,1,3H3/b17-12+/t19-,20-/m0/s1. The van der Waals surface area contributed by atoms with Gasteiger partial charge < -0.3 is 5.11 Å². The minimum atomic E-state index is -0.803. The van der Waals surface area contributed by atoms with Crippen molar-refractivity contribution in [2.45, 2.75) is 58.0 Å². The highest BCUT2D eigenvalue weighted by molar-refractivity contribution is 5.16. The van der Waals surface area contributed by atoms with Crippen LogP contribution in [-0.2, 0) is 6.42 Å². The van der Waals surface area contributed by atoms with Gasteiger partial charge in [0.25, 0.3) is 0 Å². The van der Waals surface area contributed by atoms with Crippen LogP contribution in [0.2, 0.25) is 0 Å². The van der Waals surface area contributed by atoms with Crippen molar-refractivity contribution in [2.24, 2.45) is 5.92 Å². The average molecular weight is 286 g/mol. The summed E-state index contributed by atoms with van der Waals surface area (Å²) in [5, 5.41) is 10.7. The summed E-state index contributed by atoms with van der Waals surface area (Å²) in [6.07, 6.45) is 12.6. The second-order valence-corrected chi connectivity index (χ2v) is 5.99. The lowest BCUT2D eigenvalue weighted by atomic mass is 9.84. The van der Waals surface area contributed by atoms with Gasteiger partial charge in [0, 0.05) is 5.92 Å². The van der Waals surface area contributed by atoms with Crippen molar-refractivity contribution >= 4 is 0 Å². The second-order valence-electron chi connectivity index (χ2n) is 5.99. The smallest absolute Gasteiger partial charge is 0.0861 e. The molecule has 0 saturated carbocycles. The van der Waals surface area contributed by atoms with Crippen LogP contribution in [0.1, 0.15) is 51.5 Å². The summed E-state index contributed by atoms with van der Waals surface area (Å²) >= 11 is 0. The molecule has 0 spiro atoms. The van der Waals surface area contributed by atoms with Gasteiger partial charge in [-0.1, -0.05) is 68.3 Å². The van der Waals surface area contributed by atoms with E-state index in [1.165, 1.54) is 24.8 Å². The van der Waals surface area contributed by atoms with Crippen LogP contribution >= 0.6 is 0 Å². The van der Waals surface area contributed by atoms with Gasteiger partial charge in [0.15, 0.2) is 0 Å². The molecule has 0 aliphatic rings. The summed E-state index contributed by atoms with van der Waals surface area (Å²) in [4.78, 5) is 0. The Morgan fingerprint density at radius 3 is 2.57 bits per heavy atom. The van der Waals surface area contributed by atoms with Crippen LogP contribution in [-0.4, -0.2) is 10.7 Å². The highest BCUT2D eigenvalue weighted by Gasteiger charge is 2.26. The predicted molar refractivity (Wildman–Crippen MR) is 92.4 cm³/mol. The SMILES string of the molecule is C=C[C@@H](CCc1ccccc1)[C@@](C)(O)/C=C/CCCCC. The highest BCUT2D eigenvalue weighted by Crippen LogP contribution is 2.25. The largest absolute Gasteiger partial charge is 0.385 e. The maximum Gasteiger partial charge on any atom is 0.0861 e. The van der Waals surface area contributed by atoms with Gasteiger partial charge in [-0.2, -0.15) is 0 Å². The van der Waals surface area contributed by atoms with E-state index in [4.69, 9.17) is 0 Å². The van der Waals surface area contributed by atoms with E-state index in [-0.39, 0.29) is 5.92 Å². The lowest BCUT2D eigenvalue weighted by Gasteiger charge is -2.28. The number of aliphatic hydroxyl groups is 1. The maximum absolute atomic E-state index is 10.7. The molecule has 0 aliphatic carbocycles. The molecule has 0 aliphatic heterocycles. The number of unbranched alkanes of at least 4 members (excludes halogenated alkanes) is 3. The van der Waals surface area contributed by atoms with Crippen LogP contribution in [0.4, 0.5) is 0 Å². The minimum absolute atomic E-state index is 0.0835. The Hall–Kier alpha value is -1.34. The topological polar surface area (TPSA) is 20.2 Å². The average Bonchev–Trinajstić information content (AvgIpc) is 2.48. The first-order valence-corrected chi connectivity index (χ1v) is 8.16. The van der Waals surface area contributed by atoms with Crippen LogP contribution < -0.4 is 0 Å². The molecule has 0 aromatic heterocycles. The first kappa shape index (κ1) is 17.7. The molecule has 0 radical (unpaired) electrons. The van der Waals surface area contributed by atoms with Crippen LogP contribution in [0, 0.1) is 5.92 Å². The minimum Gasteiger partial charge on any atom is -0.385 e. The molecule has 1 rings (SSSR count). The fourth-order valence-corrected chi connectivity index (χ4v) is 2.57. The summed E-state index contributed by atoms with van der Waals surface area (Å²) in [5.74, 6) is 0.0835. The van der Waals surface area contributed by atoms with Gasteiger partial charge in [0.1, 0.15) is 0 Å². The van der Waals surface area contributed by atoms with E-state index in [1.54, 1.807) is 0 Å². The van der Waals surface area contributed by atoms with Crippen LogP contribution in [0.5, 0.6) is 0 Å². The van der Waals surface area contributed by atoms with Crippen molar-refractivity contribution in [1.29, 1.82) is 0 Å². The molecule has 0 amide bonds.